The Kier molecular flexibility index (Phi) is 6.42. The molecule has 0 amide bonds. The minimum absolute atomic E-state index is 0.0654. The van der Waals surface area contributed by atoms with E-state index in [0.29, 0.717) is 18.9 Å². The zero-order chi connectivity index (χ0) is 17.6. The second-order valence-electron chi connectivity index (χ2n) is 5.87. The number of sulfone groups is 1. The van der Waals surface area contributed by atoms with E-state index in [0.717, 1.165) is 24.5 Å². The minimum Gasteiger partial charge on any atom is -0.357 e. The van der Waals surface area contributed by atoms with Gasteiger partial charge in [0.05, 0.1) is 11.5 Å². The van der Waals surface area contributed by atoms with Crippen molar-refractivity contribution in [1.82, 2.24) is 15.6 Å². The van der Waals surface area contributed by atoms with Gasteiger partial charge in [-0.1, -0.05) is 6.07 Å². The van der Waals surface area contributed by atoms with E-state index in [1.807, 2.05) is 18.3 Å². The van der Waals surface area contributed by atoms with Crippen LogP contribution in [0.25, 0.3) is 0 Å². The number of hydrogen-bond donors (Lipinski definition) is 2. The molecule has 0 aromatic carbocycles. The van der Waals surface area contributed by atoms with Crippen molar-refractivity contribution in [3.8, 4) is 0 Å². The number of guanidine groups is 1. The van der Waals surface area contributed by atoms with Crippen LogP contribution in [0.1, 0.15) is 25.8 Å². The molecule has 1 unspecified atom stereocenters. The molecule has 0 bridgehead atoms. The number of nitrogens with one attached hydrogen (secondary N) is 2. The molecule has 1 aliphatic heterocycles. The number of anilines is 1. The Morgan fingerprint density at radius 1 is 1.38 bits per heavy atom. The highest BCUT2D eigenvalue weighted by molar-refractivity contribution is 7.91. The van der Waals surface area contributed by atoms with Crippen molar-refractivity contribution in [2.75, 3.05) is 36.5 Å². The lowest BCUT2D eigenvalue weighted by Crippen LogP contribution is -2.43. The molecule has 0 radical (unpaired) electrons. The van der Waals surface area contributed by atoms with E-state index < -0.39 is 9.84 Å². The molecule has 2 heterocycles. The molecule has 1 aliphatic rings. The largest absolute Gasteiger partial charge is 0.357 e. The Morgan fingerprint density at radius 2 is 2.12 bits per heavy atom. The van der Waals surface area contributed by atoms with Crippen LogP contribution in [0.3, 0.4) is 0 Å². The van der Waals surface area contributed by atoms with E-state index in [4.69, 9.17) is 0 Å². The third kappa shape index (κ3) is 5.09. The maximum atomic E-state index is 11.5. The molecule has 24 heavy (non-hydrogen) atoms. The standard InChI is InChI=1S/C16H27N5O2S/c1-4-21(5-2)15-7-6-13(10-18-15)11-19-16(17-3)20-14-8-9-24(22,23)12-14/h6-7,10,14H,4-5,8-9,11-12H2,1-3H3,(H2,17,19,20). The normalized spacial score (nSPS) is 20.0. The van der Waals surface area contributed by atoms with Gasteiger partial charge >= 0.3 is 0 Å². The molecule has 0 spiro atoms. The van der Waals surface area contributed by atoms with Gasteiger partial charge in [0.25, 0.3) is 0 Å². The Bertz CT molecular complexity index is 654. The first-order chi connectivity index (χ1) is 11.5. The van der Waals surface area contributed by atoms with E-state index in [9.17, 15) is 8.42 Å². The van der Waals surface area contributed by atoms with Gasteiger partial charge in [0.2, 0.25) is 0 Å². The summed E-state index contributed by atoms with van der Waals surface area (Å²) in [5.41, 5.74) is 1.05. The lowest BCUT2D eigenvalue weighted by Gasteiger charge is -2.20. The topological polar surface area (TPSA) is 86.7 Å². The molecule has 1 fully saturated rings. The summed E-state index contributed by atoms with van der Waals surface area (Å²) >= 11 is 0. The van der Waals surface area contributed by atoms with E-state index in [1.165, 1.54) is 0 Å². The van der Waals surface area contributed by atoms with E-state index in [-0.39, 0.29) is 17.5 Å². The quantitative estimate of drug-likeness (QED) is 0.581. The number of pyridine rings is 1. The monoisotopic (exact) mass is 353 g/mol. The van der Waals surface area contributed by atoms with Crippen LogP contribution in [0.15, 0.2) is 23.3 Å². The van der Waals surface area contributed by atoms with Crippen molar-refractivity contribution in [1.29, 1.82) is 0 Å². The lowest BCUT2D eigenvalue weighted by atomic mass is 10.2. The Labute approximate surface area is 144 Å². The maximum absolute atomic E-state index is 11.5. The molecule has 0 aliphatic carbocycles. The zero-order valence-electron chi connectivity index (χ0n) is 14.6. The fraction of sp³-hybridized carbons (Fsp3) is 0.625. The molecule has 2 rings (SSSR count). The van der Waals surface area contributed by atoms with Crippen LogP contribution in [0.4, 0.5) is 5.82 Å². The summed E-state index contributed by atoms with van der Waals surface area (Å²) < 4.78 is 23.0. The molecule has 7 nitrogen and oxygen atoms in total. The van der Waals surface area contributed by atoms with Crippen molar-refractivity contribution in [2.45, 2.75) is 32.9 Å². The van der Waals surface area contributed by atoms with Gasteiger partial charge in [0, 0.05) is 38.9 Å². The molecule has 8 heteroatoms. The highest BCUT2D eigenvalue weighted by Crippen LogP contribution is 2.12. The van der Waals surface area contributed by atoms with Gasteiger partial charge in [-0.25, -0.2) is 13.4 Å². The van der Waals surface area contributed by atoms with Crippen LogP contribution in [-0.4, -0.2) is 57.0 Å². The summed E-state index contributed by atoms with van der Waals surface area (Å²) in [6.45, 7) is 6.67. The first kappa shape index (κ1) is 18.5. The van der Waals surface area contributed by atoms with Gasteiger partial charge in [-0.05, 0) is 31.9 Å². The molecule has 134 valence electrons. The number of nitrogens with zero attached hydrogens (tertiary/aromatic N) is 3. The second kappa shape index (κ2) is 8.32. The lowest BCUT2D eigenvalue weighted by molar-refractivity contribution is 0.599. The summed E-state index contributed by atoms with van der Waals surface area (Å²) in [6.07, 6.45) is 2.48. The van der Waals surface area contributed by atoms with Crippen molar-refractivity contribution in [3.05, 3.63) is 23.9 Å². The summed E-state index contributed by atoms with van der Waals surface area (Å²) in [7, 11) is -1.21. The molecule has 1 atom stereocenters. The highest BCUT2D eigenvalue weighted by Gasteiger charge is 2.28. The van der Waals surface area contributed by atoms with Crippen LogP contribution < -0.4 is 15.5 Å². The van der Waals surface area contributed by atoms with Gasteiger partial charge < -0.3 is 15.5 Å². The number of rotatable bonds is 6. The molecule has 1 aromatic rings. The minimum atomic E-state index is -2.89. The smallest absolute Gasteiger partial charge is 0.191 e. The SMILES string of the molecule is CCN(CC)c1ccc(CNC(=NC)NC2CCS(=O)(=O)C2)cn1. The number of aromatic nitrogens is 1. The van der Waals surface area contributed by atoms with Gasteiger partial charge in [-0.3, -0.25) is 4.99 Å². The fourth-order valence-electron chi connectivity index (χ4n) is 2.74. The van der Waals surface area contributed by atoms with Gasteiger partial charge in [0.1, 0.15) is 5.82 Å². The highest BCUT2D eigenvalue weighted by atomic mass is 32.2. The Morgan fingerprint density at radius 3 is 2.62 bits per heavy atom. The molecule has 1 saturated heterocycles. The molecule has 0 saturated carbocycles. The zero-order valence-corrected chi connectivity index (χ0v) is 15.4. The third-order valence-corrected chi connectivity index (χ3v) is 5.92. The van der Waals surface area contributed by atoms with Crippen LogP contribution >= 0.6 is 0 Å². The Balaban J connectivity index is 1.87. The average molecular weight is 353 g/mol. The van der Waals surface area contributed by atoms with Gasteiger partial charge in [-0.2, -0.15) is 0 Å². The molecule has 2 N–H and O–H groups in total. The van der Waals surface area contributed by atoms with Crippen molar-refractivity contribution < 1.29 is 8.42 Å². The van der Waals surface area contributed by atoms with Crippen molar-refractivity contribution in [2.24, 2.45) is 4.99 Å². The number of hydrogen-bond acceptors (Lipinski definition) is 5. The summed E-state index contributed by atoms with van der Waals surface area (Å²) in [6, 6.07) is 3.99. The number of aliphatic imine (C=N–C) groups is 1. The van der Waals surface area contributed by atoms with E-state index in [2.05, 4.69) is 39.4 Å². The molecular weight excluding hydrogens is 326 g/mol. The summed E-state index contributed by atoms with van der Waals surface area (Å²) in [5.74, 6) is 2.01. The third-order valence-electron chi connectivity index (χ3n) is 4.15. The van der Waals surface area contributed by atoms with Crippen molar-refractivity contribution >= 4 is 21.6 Å². The predicted molar refractivity (Wildman–Crippen MR) is 98.2 cm³/mol. The first-order valence-electron chi connectivity index (χ1n) is 8.35. The van der Waals surface area contributed by atoms with Gasteiger partial charge in [0.15, 0.2) is 15.8 Å². The van der Waals surface area contributed by atoms with E-state index in [1.54, 1.807) is 7.05 Å². The van der Waals surface area contributed by atoms with Crippen LogP contribution in [0.5, 0.6) is 0 Å². The van der Waals surface area contributed by atoms with E-state index >= 15 is 0 Å². The van der Waals surface area contributed by atoms with Crippen LogP contribution in [-0.2, 0) is 16.4 Å². The molecule has 1 aromatic heterocycles. The van der Waals surface area contributed by atoms with Crippen LogP contribution in [0.2, 0.25) is 0 Å². The fourth-order valence-corrected chi connectivity index (χ4v) is 4.41. The molecular formula is C16H27N5O2S. The van der Waals surface area contributed by atoms with Crippen molar-refractivity contribution in [3.63, 3.8) is 0 Å². The maximum Gasteiger partial charge on any atom is 0.191 e. The predicted octanol–water partition coefficient (Wildman–Crippen LogP) is 0.780. The average Bonchev–Trinajstić information content (AvgIpc) is 2.92. The Hall–Kier alpha value is -1.83. The van der Waals surface area contributed by atoms with Gasteiger partial charge in [-0.15, -0.1) is 0 Å². The second-order valence-corrected chi connectivity index (χ2v) is 8.10. The van der Waals surface area contributed by atoms with Crippen LogP contribution in [0, 0.1) is 0 Å². The first-order valence-corrected chi connectivity index (χ1v) is 10.2. The summed E-state index contributed by atoms with van der Waals surface area (Å²) in [5, 5.41) is 6.38. The summed E-state index contributed by atoms with van der Waals surface area (Å²) in [4.78, 5) is 10.8.